The molecule has 0 aromatic heterocycles. The van der Waals surface area contributed by atoms with Crippen LogP contribution in [0.5, 0.6) is 5.75 Å². The van der Waals surface area contributed by atoms with Crippen LogP contribution in [-0.4, -0.2) is 52.6 Å². The van der Waals surface area contributed by atoms with Crippen molar-refractivity contribution in [1.29, 1.82) is 0 Å². The fraction of sp³-hybridized carbons (Fsp3) is 0.448. The Labute approximate surface area is 235 Å². The molecule has 0 fully saturated rings. The molecule has 0 saturated heterocycles. The van der Waals surface area contributed by atoms with E-state index in [1.54, 1.807) is 48.5 Å². The fourth-order valence-electron chi connectivity index (χ4n) is 4.05. The lowest BCUT2D eigenvalue weighted by molar-refractivity contribution is -0.132. The Balaban J connectivity index is 2.18. The number of benzene rings is 2. The van der Waals surface area contributed by atoms with E-state index >= 15 is 0 Å². The maximum absolute atomic E-state index is 13.3. The number of hydrazine groups is 1. The van der Waals surface area contributed by atoms with Gasteiger partial charge in [-0.15, -0.1) is 0 Å². The van der Waals surface area contributed by atoms with Gasteiger partial charge in [-0.05, 0) is 56.4 Å². The van der Waals surface area contributed by atoms with Crippen LogP contribution >= 0.6 is 0 Å². The first-order chi connectivity index (χ1) is 18.8. The summed E-state index contributed by atoms with van der Waals surface area (Å²) in [7, 11) is 0. The summed E-state index contributed by atoms with van der Waals surface area (Å²) in [5.41, 5.74) is 3.22. The average Bonchev–Trinajstić information content (AvgIpc) is 2.87. The van der Waals surface area contributed by atoms with Crippen LogP contribution in [0.2, 0.25) is 0 Å². The molecule has 0 spiro atoms. The van der Waals surface area contributed by atoms with E-state index in [1.165, 1.54) is 0 Å². The summed E-state index contributed by atoms with van der Waals surface area (Å²) >= 11 is 0. The Hall–Kier alpha value is -4.12. The third-order valence-electron chi connectivity index (χ3n) is 5.80. The minimum absolute atomic E-state index is 0.00759. The minimum atomic E-state index is -1.36. The Morgan fingerprint density at radius 2 is 1.27 bits per heavy atom. The SMILES string of the molecule is CC(C)C[C@H](NC(=O)[C@H](Cc1ccccc1)NC(=O)O)C(=O)N[C@@H](Cc1ccc(OC(C)(C)C)cc1)C(=O)NN. The molecule has 0 aliphatic carbocycles. The molecular formula is C29H41N5O6. The van der Waals surface area contributed by atoms with Gasteiger partial charge in [-0.25, -0.2) is 10.6 Å². The molecule has 3 atom stereocenters. The van der Waals surface area contributed by atoms with E-state index in [-0.39, 0.29) is 30.8 Å². The van der Waals surface area contributed by atoms with Crippen molar-refractivity contribution in [3.63, 3.8) is 0 Å². The van der Waals surface area contributed by atoms with Crippen molar-refractivity contribution < 1.29 is 29.0 Å². The first-order valence-corrected chi connectivity index (χ1v) is 13.2. The van der Waals surface area contributed by atoms with Crippen LogP contribution < -0.4 is 32.0 Å². The van der Waals surface area contributed by atoms with E-state index < -0.39 is 41.9 Å². The highest BCUT2D eigenvalue weighted by atomic mass is 16.5. The van der Waals surface area contributed by atoms with Gasteiger partial charge in [0.25, 0.3) is 5.91 Å². The van der Waals surface area contributed by atoms with Crippen LogP contribution in [0.1, 0.15) is 52.2 Å². The lowest BCUT2D eigenvalue weighted by Crippen LogP contribution is -2.58. The summed E-state index contributed by atoms with van der Waals surface area (Å²) in [6.07, 6.45) is -0.857. The molecule has 218 valence electrons. The first-order valence-electron chi connectivity index (χ1n) is 13.2. The molecule has 0 bridgehead atoms. The minimum Gasteiger partial charge on any atom is -0.488 e. The van der Waals surface area contributed by atoms with E-state index in [2.05, 4.69) is 21.4 Å². The van der Waals surface area contributed by atoms with Crippen LogP contribution in [0.15, 0.2) is 54.6 Å². The van der Waals surface area contributed by atoms with Gasteiger partial charge in [0.1, 0.15) is 29.5 Å². The summed E-state index contributed by atoms with van der Waals surface area (Å²) in [6, 6.07) is 12.9. The summed E-state index contributed by atoms with van der Waals surface area (Å²) in [4.78, 5) is 50.4. The number of carboxylic acid groups (broad SMARTS) is 1. The Bertz CT molecular complexity index is 1130. The number of hydrogen-bond acceptors (Lipinski definition) is 6. The van der Waals surface area contributed by atoms with Gasteiger partial charge < -0.3 is 25.8 Å². The molecule has 0 radical (unpaired) electrons. The molecule has 0 heterocycles. The van der Waals surface area contributed by atoms with Gasteiger partial charge in [-0.3, -0.25) is 19.8 Å². The van der Waals surface area contributed by atoms with E-state index in [4.69, 9.17) is 10.6 Å². The second-order valence-electron chi connectivity index (χ2n) is 11.0. The average molecular weight is 556 g/mol. The zero-order valence-corrected chi connectivity index (χ0v) is 23.7. The largest absolute Gasteiger partial charge is 0.488 e. The van der Waals surface area contributed by atoms with Crippen molar-refractivity contribution in [3.05, 3.63) is 65.7 Å². The topological polar surface area (TPSA) is 172 Å². The lowest BCUT2D eigenvalue weighted by atomic mass is 10.00. The van der Waals surface area contributed by atoms with Gasteiger partial charge in [0.05, 0.1) is 0 Å². The van der Waals surface area contributed by atoms with Crippen molar-refractivity contribution in [2.75, 3.05) is 0 Å². The Morgan fingerprint density at radius 3 is 1.77 bits per heavy atom. The number of ether oxygens (including phenoxy) is 1. The number of carbonyl (C=O) groups excluding carboxylic acids is 3. The van der Waals surface area contributed by atoms with E-state index in [9.17, 15) is 24.3 Å². The zero-order chi connectivity index (χ0) is 29.9. The number of carbonyl (C=O) groups is 4. The number of amides is 4. The highest BCUT2D eigenvalue weighted by Crippen LogP contribution is 2.19. The second kappa shape index (κ2) is 14.9. The molecule has 11 nitrogen and oxygen atoms in total. The van der Waals surface area contributed by atoms with Crippen LogP contribution in [0, 0.1) is 5.92 Å². The van der Waals surface area contributed by atoms with Gasteiger partial charge in [-0.1, -0.05) is 56.3 Å². The van der Waals surface area contributed by atoms with Gasteiger partial charge >= 0.3 is 6.09 Å². The van der Waals surface area contributed by atoms with E-state index in [0.717, 1.165) is 11.1 Å². The third kappa shape index (κ3) is 11.3. The molecule has 2 rings (SSSR count). The Morgan fingerprint density at radius 1 is 0.775 bits per heavy atom. The quantitative estimate of drug-likeness (QED) is 0.125. The molecule has 40 heavy (non-hydrogen) atoms. The highest BCUT2D eigenvalue weighted by Gasteiger charge is 2.30. The predicted molar refractivity (Wildman–Crippen MR) is 151 cm³/mol. The smallest absolute Gasteiger partial charge is 0.405 e. The summed E-state index contributed by atoms with van der Waals surface area (Å²) < 4.78 is 5.83. The molecule has 0 saturated carbocycles. The number of hydrogen-bond donors (Lipinski definition) is 6. The van der Waals surface area contributed by atoms with E-state index in [0.29, 0.717) is 5.75 Å². The molecule has 4 amide bonds. The van der Waals surface area contributed by atoms with E-state index in [1.807, 2.05) is 40.7 Å². The maximum atomic E-state index is 13.3. The zero-order valence-electron chi connectivity index (χ0n) is 23.7. The molecule has 0 aliphatic heterocycles. The van der Waals surface area contributed by atoms with Gasteiger partial charge in [-0.2, -0.15) is 0 Å². The third-order valence-corrected chi connectivity index (χ3v) is 5.80. The molecule has 2 aromatic rings. The van der Waals surface area contributed by atoms with Crippen molar-refractivity contribution in [2.24, 2.45) is 11.8 Å². The van der Waals surface area contributed by atoms with Gasteiger partial charge in [0.15, 0.2) is 0 Å². The molecule has 7 N–H and O–H groups in total. The summed E-state index contributed by atoms with van der Waals surface area (Å²) in [6.45, 7) is 9.58. The number of rotatable bonds is 13. The van der Waals surface area contributed by atoms with Gasteiger partial charge in [0.2, 0.25) is 11.8 Å². The lowest BCUT2D eigenvalue weighted by Gasteiger charge is -2.26. The van der Waals surface area contributed by atoms with Crippen molar-refractivity contribution in [1.82, 2.24) is 21.4 Å². The summed E-state index contributed by atoms with van der Waals surface area (Å²) in [5.74, 6) is 4.22. The molecule has 11 heteroatoms. The maximum Gasteiger partial charge on any atom is 0.405 e. The normalized spacial score (nSPS) is 13.5. The first kappa shape index (κ1) is 32.1. The van der Waals surface area contributed by atoms with Crippen LogP contribution in [0.25, 0.3) is 0 Å². The highest BCUT2D eigenvalue weighted by molar-refractivity contribution is 5.93. The number of nitrogens with two attached hydrogens (primary N) is 1. The standard InChI is InChI=1S/C29H41N5O6/c1-18(2)15-22(31-26(36)23(33-28(38)39)16-19-9-7-6-8-10-19)25(35)32-24(27(37)34-30)17-20-11-13-21(14-12-20)40-29(3,4)5/h6-14,18,22-24,33H,15-17,30H2,1-5H3,(H,31,36)(H,32,35)(H,34,37)(H,38,39)/t22-,23-,24-/m0/s1. The second-order valence-corrected chi connectivity index (χ2v) is 11.0. The molecule has 2 aromatic carbocycles. The summed E-state index contributed by atoms with van der Waals surface area (Å²) in [5, 5.41) is 16.9. The fourth-order valence-corrected chi connectivity index (χ4v) is 4.05. The van der Waals surface area contributed by atoms with Crippen LogP contribution in [0.3, 0.4) is 0 Å². The Kier molecular flexibility index (Phi) is 11.9. The molecular weight excluding hydrogens is 514 g/mol. The predicted octanol–water partition coefficient (Wildman–Crippen LogP) is 2.29. The number of nitrogens with one attached hydrogen (secondary N) is 4. The van der Waals surface area contributed by atoms with Crippen LogP contribution in [0.4, 0.5) is 4.79 Å². The van der Waals surface area contributed by atoms with Crippen molar-refractivity contribution in [2.45, 2.75) is 77.6 Å². The van der Waals surface area contributed by atoms with Crippen molar-refractivity contribution in [3.8, 4) is 5.75 Å². The monoisotopic (exact) mass is 555 g/mol. The van der Waals surface area contributed by atoms with Gasteiger partial charge in [0, 0.05) is 12.8 Å². The molecule has 0 aliphatic rings. The van der Waals surface area contributed by atoms with Crippen molar-refractivity contribution >= 4 is 23.8 Å². The molecule has 0 unspecified atom stereocenters. The van der Waals surface area contributed by atoms with Crippen LogP contribution in [-0.2, 0) is 27.2 Å².